The number of fused-ring (bicyclic) bond motifs is 10. The number of thiophene rings is 1. The van der Waals surface area contributed by atoms with Crippen molar-refractivity contribution in [2.45, 2.75) is 0 Å². The van der Waals surface area contributed by atoms with E-state index < -0.39 is 0 Å². The molecule has 0 fully saturated rings. The SMILES string of the molecule is c1ccc(-c2cccc3cccc(-c4ccc(-c5nc(-n6c7ccccc7c7cc(-n8c9ccccc9c9ccccc98)ccc76)nc6sc7ccccc7c56)cc4)c23)cc1. The van der Waals surface area contributed by atoms with Crippen molar-refractivity contribution in [3.05, 3.63) is 206 Å². The lowest BCUT2D eigenvalue weighted by Gasteiger charge is -2.14. The second kappa shape index (κ2) is 13.3. The summed E-state index contributed by atoms with van der Waals surface area (Å²) in [5.74, 6) is 0.663. The molecule has 61 heavy (non-hydrogen) atoms. The van der Waals surface area contributed by atoms with Gasteiger partial charge in [0.1, 0.15) is 4.83 Å². The monoisotopic (exact) mass is 794 g/mol. The smallest absolute Gasteiger partial charge is 0.236 e. The van der Waals surface area contributed by atoms with Crippen LogP contribution in [0.2, 0.25) is 0 Å². The lowest BCUT2D eigenvalue weighted by Crippen LogP contribution is -2.03. The average Bonchev–Trinajstić information content (AvgIpc) is 3.99. The molecular formula is C56H34N4S. The molecule has 0 N–H and O–H groups in total. The first-order chi connectivity index (χ1) is 30.3. The van der Waals surface area contributed by atoms with E-state index in [-0.39, 0.29) is 0 Å². The molecule has 4 aromatic heterocycles. The normalized spacial score (nSPS) is 11.9. The van der Waals surface area contributed by atoms with Crippen LogP contribution in [0.5, 0.6) is 0 Å². The largest absolute Gasteiger partial charge is 0.309 e. The summed E-state index contributed by atoms with van der Waals surface area (Å²) in [4.78, 5) is 11.9. The summed E-state index contributed by atoms with van der Waals surface area (Å²) in [5.41, 5.74) is 12.5. The predicted molar refractivity (Wildman–Crippen MR) is 257 cm³/mol. The summed E-state index contributed by atoms with van der Waals surface area (Å²) >= 11 is 1.73. The van der Waals surface area contributed by atoms with E-state index in [1.807, 2.05) is 0 Å². The Hall–Kier alpha value is -7.86. The van der Waals surface area contributed by atoms with Crippen molar-refractivity contribution in [2.75, 3.05) is 0 Å². The minimum absolute atomic E-state index is 0.663. The first kappa shape index (κ1) is 34.0. The fourth-order valence-corrected chi connectivity index (χ4v) is 10.8. The van der Waals surface area contributed by atoms with E-state index in [0.29, 0.717) is 5.95 Å². The van der Waals surface area contributed by atoms with Crippen molar-refractivity contribution in [1.82, 2.24) is 19.1 Å². The summed E-state index contributed by atoms with van der Waals surface area (Å²) in [6.07, 6.45) is 0. The van der Waals surface area contributed by atoms with Gasteiger partial charge < -0.3 is 4.57 Å². The summed E-state index contributed by atoms with van der Waals surface area (Å²) in [5, 5.41) is 9.56. The Morgan fingerprint density at radius 3 is 1.59 bits per heavy atom. The topological polar surface area (TPSA) is 35.6 Å². The van der Waals surface area contributed by atoms with Crippen LogP contribution in [0.1, 0.15) is 0 Å². The molecule has 5 heteroatoms. The van der Waals surface area contributed by atoms with Gasteiger partial charge >= 0.3 is 0 Å². The van der Waals surface area contributed by atoms with Crippen LogP contribution in [-0.4, -0.2) is 19.1 Å². The number of para-hydroxylation sites is 3. The molecule has 0 unspecified atom stereocenters. The maximum atomic E-state index is 5.55. The maximum absolute atomic E-state index is 5.55. The fraction of sp³-hybridized carbons (Fsp3) is 0. The van der Waals surface area contributed by atoms with Gasteiger partial charge in [0.15, 0.2) is 0 Å². The molecule has 0 saturated carbocycles. The molecule has 0 aliphatic carbocycles. The standard InChI is InChI=1S/C56H34N4S/c1-2-14-35(15-3-1)40-22-12-16-37-17-13-23-41(52(37)40)36-28-30-38(31-29-36)54-53-45-21-7-11-27-51(45)61-55(53)58-56(57-54)60-49-26-10-6-20-44(49)46-34-39(32-33-50(46)60)59-47-24-8-4-18-42(47)43-19-5-9-25-48(43)59/h1-34H. The van der Waals surface area contributed by atoms with Crippen LogP contribution >= 0.6 is 11.3 Å². The molecule has 0 amide bonds. The average molecular weight is 795 g/mol. The molecule has 4 heterocycles. The van der Waals surface area contributed by atoms with Crippen LogP contribution in [0.15, 0.2) is 206 Å². The Labute approximate surface area is 354 Å². The molecule has 0 spiro atoms. The zero-order valence-corrected chi connectivity index (χ0v) is 33.6. The first-order valence-electron chi connectivity index (χ1n) is 20.7. The van der Waals surface area contributed by atoms with E-state index in [9.17, 15) is 0 Å². The maximum Gasteiger partial charge on any atom is 0.236 e. The molecule has 13 aromatic rings. The molecule has 0 radical (unpaired) electrons. The van der Waals surface area contributed by atoms with Gasteiger partial charge in [0.05, 0.1) is 27.8 Å². The van der Waals surface area contributed by atoms with E-state index in [0.717, 1.165) is 49.0 Å². The van der Waals surface area contributed by atoms with E-state index in [1.54, 1.807) is 11.3 Å². The molecule has 0 saturated heterocycles. The predicted octanol–water partition coefficient (Wildman–Crippen LogP) is 15.2. The summed E-state index contributed by atoms with van der Waals surface area (Å²) in [6.45, 7) is 0. The number of nitrogens with zero attached hydrogens (tertiary/aromatic N) is 4. The third-order valence-corrected chi connectivity index (χ3v) is 13.4. The Balaban J connectivity index is 1.01. The van der Waals surface area contributed by atoms with Gasteiger partial charge in [-0.3, -0.25) is 4.57 Å². The van der Waals surface area contributed by atoms with Crippen molar-refractivity contribution < 1.29 is 0 Å². The minimum atomic E-state index is 0.663. The summed E-state index contributed by atoms with van der Waals surface area (Å²) < 4.78 is 5.84. The van der Waals surface area contributed by atoms with Crippen LogP contribution in [0, 0.1) is 0 Å². The number of rotatable bonds is 5. The molecule has 9 aromatic carbocycles. The highest BCUT2D eigenvalue weighted by Crippen LogP contribution is 2.42. The van der Waals surface area contributed by atoms with Gasteiger partial charge in [-0.1, -0.05) is 164 Å². The molecule has 0 atom stereocenters. The molecule has 4 nitrogen and oxygen atoms in total. The Morgan fingerprint density at radius 2 is 0.902 bits per heavy atom. The molecule has 284 valence electrons. The quantitative estimate of drug-likeness (QED) is 0.174. The molecular weight excluding hydrogens is 761 g/mol. The number of hydrogen-bond donors (Lipinski definition) is 0. The Bertz CT molecular complexity index is 3810. The van der Waals surface area contributed by atoms with Gasteiger partial charge in [-0.15, -0.1) is 11.3 Å². The van der Waals surface area contributed by atoms with E-state index >= 15 is 0 Å². The second-order valence-electron chi connectivity index (χ2n) is 15.7. The van der Waals surface area contributed by atoms with Crippen LogP contribution in [0.25, 0.3) is 120 Å². The number of benzene rings is 9. The van der Waals surface area contributed by atoms with Gasteiger partial charge in [-0.2, -0.15) is 0 Å². The second-order valence-corrected chi connectivity index (χ2v) is 16.8. The van der Waals surface area contributed by atoms with Crippen molar-refractivity contribution >= 4 is 86.0 Å². The minimum Gasteiger partial charge on any atom is -0.309 e. The van der Waals surface area contributed by atoms with Crippen LogP contribution < -0.4 is 0 Å². The van der Waals surface area contributed by atoms with Crippen molar-refractivity contribution in [3.8, 4) is 45.1 Å². The Morgan fingerprint density at radius 1 is 0.361 bits per heavy atom. The first-order valence-corrected chi connectivity index (χ1v) is 21.5. The lowest BCUT2D eigenvalue weighted by atomic mass is 9.91. The number of hydrogen-bond acceptors (Lipinski definition) is 3. The van der Waals surface area contributed by atoms with Crippen LogP contribution in [0.4, 0.5) is 0 Å². The summed E-state index contributed by atoms with van der Waals surface area (Å²) in [6, 6.07) is 74.3. The molecule has 0 aliphatic heterocycles. The Kier molecular flexibility index (Phi) is 7.44. The van der Waals surface area contributed by atoms with Gasteiger partial charge in [0.2, 0.25) is 5.95 Å². The molecule has 13 rings (SSSR count). The van der Waals surface area contributed by atoms with E-state index in [4.69, 9.17) is 9.97 Å². The van der Waals surface area contributed by atoms with Crippen LogP contribution in [0.3, 0.4) is 0 Å². The molecule has 0 aliphatic rings. The highest BCUT2D eigenvalue weighted by atomic mass is 32.1. The highest BCUT2D eigenvalue weighted by molar-refractivity contribution is 7.25. The summed E-state index contributed by atoms with van der Waals surface area (Å²) in [7, 11) is 0. The lowest BCUT2D eigenvalue weighted by molar-refractivity contribution is 1.02. The fourth-order valence-electron chi connectivity index (χ4n) is 9.68. The third-order valence-electron chi connectivity index (χ3n) is 12.4. The zero-order chi connectivity index (χ0) is 40.0. The zero-order valence-electron chi connectivity index (χ0n) is 32.8. The van der Waals surface area contributed by atoms with Crippen LogP contribution in [-0.2, 0) is 0 Å². The highest BCUT2D eigenvalue weighted by Gasteiger charge is 2.21. The van der Waals surface area contributed by atoms with Crippen molar-refractivity contribution in [3.63, 3.8) is 0 Å². The van der Waals surface area contributed by atoms with Crippen molar-refractivity contribution in [2.24, 2.45) is 0 Å². The van der Waals surface area contributed by atoms with E-state index in [1.165, 1.54) is 64.9 Å². The van der Waals surface area contributed by atoms with Gasteiger partial charge in [0, 0.05) is 48.3 Å². The number of aromatic nitrogens is 4. The van der Waals surface area contributed by atoms with Gasteiger partial charge in [0.25, 0.3) is 0 Å². The third kappa shape index (κ3) is 5.18. The molecule has 0 bridgehead atoms. The van der Waals surface area contributed by atoms with Gasteiger partial charge in [-0.05, 0) is 75.5 Å². The van der Waals surface area contributed by atoms with Crippen molar-refractivity contribution in [1.29, 1.82) is 0 Å². The van der Waals surface area contributed by atoms with Gasteiger partial charge in [-0.25, -0.2) is 9.97 Å². The van der Waals surface area contributed by atoms with E-state index in [2.05, 4.69) is 215 Å².